The highest BCUT2D eigenvalue weighted by atomic mass is 16.5. The molecule has 1 N–H and O–H groups in total. The third kappa shape index (κ3) is 4.80. The number of nitrogens with one attached hydrogen (secondary N) is 1. The Morgan fingerprint density at radius 2 is 2.00 bits per heavy atom. The van der Waals surface area contributed by atoms with E-state index in [9.17, 15) is 9.59 Å². The van der Waals surface area contributed by atoms with Crippen molar-refractivity contribution in [1.82, 2.24) is 4.90 Å². The highest BCUT2D eigenvalue weighted by Crippen LogP contribution is 2.21. The first-order chi connectivity index (χ1) is 13.6. The van der Waals surface area contributed by atoms with Crippen molar-refractivity contribution in [3.8, 4) is 17.6 Å². The lowest BCUT2D eigenvalue weighted by atomic mass is 10.1. The maximum absolute atomic E-state index is 12.4. The van der Waals surface area contributed by atoms with Crippen molar-refractivity contribution in [3.63, 3.8) is 0 Å². The zero-order valence-corrected chi connectivity index (χ0v) is 15.6. The van der Waals surface area contributed by atoms with Gasteiger partial charge in [0.1, 0.15) is 18.1 Å². The molecule has 1 heterocycles. The largest absolute Gasteiger partial charge is 0.497 e. The van der Waals surface area contributed by atoms with Crippen molar-refractivity contribution >= 4 is 17.5 Å². The summed E-state index contributed by atoms with van der Waals surface area (Å²) < 4.78 is 10.7. The number of hydrogen-bond acceptors (Lipinski definition) is 5. The first-order valence-corrected chi connectivity index (χ1v) is 8.94. The molecule has 1 atom stereocenters. The standard InChI is InChI=1S/C21H21N3O4/c1-27-18-5-7-19(8-6-18)28-10-9-24-14-16(12-20(24)25)21(26)23-17-4-2-3-15(11-17)13-22/h2-8,11,16H,9-10,12,14H2,1H3,(H,23,26). The van der Waals surface area contributed by atoms with E-state index in [1.165, 1.54) is 0 Å². The summed E-state index contributed by atoms with van der Waals surface area (Å²) >= 11 is 0. The predicted octanol–water partition coefficient (Wildman–Crippen LogP) is 2.43. The molecule has 0 saturated carbocycles. The van der Waals surface area contributed by atoms with E-state index < -0.39 is 5.92 Å². The van der Waals surface area contributed by atoms with E-state index in [-0.39, 0.29) is 18.2 Å². The monoisotopic (exact) mass is 379 g/mol. The van der Waals surface area contributed by atoms with E-state index >= 15 is 0 Å². The van der Waals surface area contributed by atoms with Gasteiger partial charge in [0, 0.05) is 18.7 Å². The Hall–Kier alpha value is -3.53. The smallest absolute Gasteiger partial charge is 0.229 e. The highest BCUT2D eigenvalue weighted by Gasteiger charge is 2.34. The number of methoxy groups -OCH3 is 1. The first-order valence-electron chi connectivity index (χ1n) is 8.94. The maximum Gasteiger partial charge on any atom is 0.229 e. The Bertz CT molecular complexity index is 889. The minimum Gasteiger partial charge on any atom is -0.497 e. The second-order valence-corrected chi connectivity index (χ2v) is 6.45. The van der Waals surface area contributed by atoms with Crippen LogP contribution in [0, 0.1) is 17.2 Å². The van der Waals surface area contributed by atoms with Crippen LogP contribution in [0.5, 0.6) is 11.5 Å². The summed E-state index contributed by atoms with van der Waals surface area (Å²) in [7, 11) is 1.60. The van der Waals surface area contributed by atoms with Crippen molar-refractivity contribution in [2.24, 2.45) is 5.92 Å². The SMILES string of the molecule is COc1ccc(OCCN2CC(C(=O)Nc3cccc(C#N)c3)CC2=O)cc1. The van der Waals surface area contributed by atoms with Gasteiger partial charge in [0.05, 0.1) is 31.2 Å². The Labute approximate surface area is 163 Å². The van der Waals surface area contributed by atoms with Gasteiger partial charge >= 0.3 is 0 Å². The minimum atomic E-state index is -0.417. The molecular formula is C21H21N3O4. The third-order valence-electron chi connectivity index (χ3n) is 4.53. The van der Waals surface area contributed by atoms with Crippen LogP contribution in [0.15, 0.2) is 48.5 Å². The average Bonchev–Trinajstić information content (AvgIpc) is 3.09. The van der Waals surface area contributed by atoms with Crippen molar-refractivity contribution in [2.75, 3.05) is 32.1 Å². The van der Waals surface area contributed by atoms with E-state index in [1.54, 1.807) is 60.5 Å². The van der Waals surface area contributed by atoms with Gasteiger partial charge in [-0.2, -0.15) is 5.26 Å². The molecule has 0 spiro atoms. The highest BCUT2D eigenvalue weighted by molar-refractivity contribution is 5.97. The Morgan fingerprint density at radius 1 is 1.25 bits per heavy atom. The van der Waals surface area contributed by atoms with Crippen LogP contribution in [-0.2, 0) is 9.59 Å². The molecule has 1 fully saturated rings. The molecule has 0 aromatic heterocycles. The Balaban J connectivity index is 1.48. The van der Waals surface area contributed by atoms with E-state index in [0.717, 1.165) is 5.75 Å². The van der Waals surface area contributed by atoms with Crippen molar-refractivity contribution < 1.29 is 19.1 Å². The Kier molecular flexibility index (Phi) is 6.12. The second kappa shape index (κ2) is 8.91. The van der Waals surface area contributed by atoms with Gasteiger partial charge in [-0.15, -0.1) is 0 Å². The zero-order valence-electron chi connectivity index (χ0n) is 15.6. The lowest BCUT2D eigenvalue weighted by molar-refractivity contribution is -0.128. The van der Waals surface area contributed by atoms with E-state index in [2.05, 4.69) is 5.32 Å². The van der Waals surface area contributed by atoms with Gasteiger partial charge < -0.3 is 19.7 Å². The summed E-state index contributed by atoms with van der Waals surface area (Å²) in [6.07, 6.45) is 0.173. The summed E-state index contributed by atoms with van der Waals surface area (Å²) in [5.74, 6) is 0.737. The number of nitrogens with zero attached hydrogens (tertiary/aromatic N) is 2. The second-order valence-electron chi connectivity index (χ2n) is 6.45. The van der Waals surface area contributed by atoms with Gasteiger partial charge in [0.25, 0.3) is 0 Å². The molecule has 2 aromatic rings. The van der Waals surface area contributed by atoms with Crippen LogP contribution in [0.2, 0.25) is 0 Å². The lowest BCUT2D eigenvalue weighted by Gasteiger charge is -2.17. The average molecular weight is 379 g/mol. The number of carbonyl (C=O) groups is 2. The molecule has 7 heteroatoms. The molecule has 1 unspecified atom stereocenters. The van der Waals surface area contributed by atoms with Crippen LogP contribution in [0.4, 0.5) is 5.69 Å². The van der Waals surface area contributed by atoms with E-state index in [0.29, 0.717) is 36.7 Å². The Morgan fingerprint density at radius 3 is 2.71 bits per heavy atom. The van der Waals surface area contributed by atoms with E-state index in [4.69, 9.17) is 14.7 Å². The summed E-state index contributed by atoms with van der Waals surface area (Å²) in [4.78, 5) is 26.3. The lowest BCUT2D eigenvalue weighted by Crippen LogP contribution is -2.31. The minimum absolute atomic E-state index is 0.0655. The molecule has 0 radical (unpaired) electrons. The number of carbonyl (C=O) groups excluding carboxylic acids is 2. The van der Waals surface area contributed by atoms with Crippen LogP contribution in [0.3, 0.4) is 0 Å². The number of nitriles is 1. The molecule has 2 aromatic carbocycles. The van der Waals surface area contributed by atoms with Crippen LogP contribution in [-0.4, -0.2) is 43.5 Å². The topological polar surface area (TPSA) is 91.7 Å². The molecule has 28 heavy (non-hydrogen) atoms. The van der Waals surface area contributed by atoms with Crippen molar-refractivity contribution in [3.05, 3.63) is 54.1 Å². The number of hydrogen-bond donors (Lipinski definition) is 1. The van der Waals surface area contributed by atoms with Gasteiger partial charge in [-0.1, -0.05) is 6.07 Å². The summed E-state index contributed by atoms with van der Waals surface area (Å²) in [5.41, 5.74) is 1.02. The van der Waals surface area contributed by atoms with Gasteiger partial charge in [0.2, 0.25) is 11.8 Å². The van der Waals surface area contributed by atoms with Crippen molar-refractivity contribution in [2.45, 2.75) is 6.42 Å². The number of rotatable bonds is 7. The zero-order chi connectivity index (χ0) is 19.9. The summed E-state index contributed by atoms with van der Waals surface area (Å²) in [6.45, 7) is 1.11. The fourth-order valence-electron chi connectivity index (χ4n) is 3.02. The molecule has 1 aliphatic rings. The first kappa shape index (κ1) is 19.2. The van der Waals surface area contributed by atoms with Crippen LogP contribution < -0.4 is 14.8 Å². The van der Waals surface area contributed by atoms with Gasteiger partial charge in [-0.3, -0.25) is 9.59 Å². The molecule has 2 amide bonds. The molecule has 1 saturated heterocycles. The quantitative estimate of drug-likeness (QED) is 0.798. The molecule has 3 rings (SSSR count). The molecule has 1 aliphatic heterocycles. The van der Waals surface area contributed by atoms with Crippen molar-refractivity contribution in [1.29, 1.82) is 5.26 Å². The van der Waals surface area contributed by atoms with Crippen LogP contribution in [0.25, 0.3) is 0 Å². The molecule has 7 nitrogen and oxygen atoms in total. The fourth-order valence-corrected chi connectivity index (χ4v) is 3.02. The number of ether oxygens (including phenoxy) is 2. The molecule has 0 aliphatic carbocycles. The van der Waals surface area contributed by atoms with Crippen LogP contribution in [0.1, 0.15) is 12.0 Å². The van der Waals surface area contributed by atoms with Gasteiger partial charge in [-0.25, -0.2) is 0 Å². The summed E-state index contributed by atoms with van der Waals surface area (Å²) in [6, 6.07) is 15.9. The van der Waals surface area contributed by atoms with Gasteiger partial charge in [0.15, 0.2) is 0 Å². The normalized spacial score (nSPS) is 15.8. The summed E-state index contributed by atoms with van der Waals surface area (Å²) in [5, 5.41) is 11.7. The molecule has 0 bridgehead atoms. The van der Waals surface area contributed by atoms with E-state index in [1.807, 2.05) is 6.07 Å². The third-order valence-corrected chi connectivity index (χ3v) is 4.53. The maximum atomic E-state index is 12.4. The number of likely N-dealkylation sites (tertiary alicyclic amines) is 1. The fraction of sp³-hybridized carbons (Fsp3) is 0.286. The van der Waals surface area contributed by atoms with Gasteiger partial charge in [-0.05, 0) is 42.5 Å². The molecular weight excluding hydrogens is 358 g/mol. The molecule has 144 valence electrons. The number of anilines is 1. The predicted molar refractivity (Wildman–Crippen MR) is 103 cm³/mol. The number of benzene rings is 2. The number of amides is 2. The van der Waals surface area contributed by atoms with Crippen LogP contribution >= 0.6 is 0 Å².